The normalized spacial score (nSPS) is 11.1. The smallest absolute Gasteiger partial charge is 0.271 e. The van der Waals surface area contributed by atoms with Crippen molar-refractivity contribution in [3.63, 3.8) is 0 Å². The van der Waals surface area contributed by atoms with Crippen LogP contribution in [0.2, 0.25) is 0 Å². The van der Waals surface area contributed by atoms with Gasteiger partial charge in [-0.05, 0) is 42.3 Å². The summed E-state index contributed by atoms with van der Waals surface area (Å²) in [5.74, 6) is -0.729. The topological polar surface area (TPSA) is 78.4 Å². The van der Waals surface area contributed by atoms with Gasteiger partial charge in [0.2, 0.25) is 5.89 Å². The van der Waals surface area contributed by atoms with Gasteiger partial charge in [-0.15, -0.1) is 0 Å². The van der Waals surface area contributed by atoms with Crippen molar-refractivity contribution in [3.05, 3.63) is 76.3 Å². The first kappa shape index (κ1) is 23.4. The highest BCUT2D eigenvalue weighted by molar-refractivity contribution is 5.79. The Hall–Kier alpha value is -3.81. The highest BCUT2D eigenvalue weighted by Gasteiger charge is 2.17. The molecule has 0 N–H and O–H groups in total. The van der Waals surface area contributed by atoms with E-state index in [1.165, 1.54) is 49.2 Å². The van der Waals surface area contributed by atoms with Crippen molar-refractivity contribution in [3.8, 4) is 28.3 Å². The van der Waals surface area contributed by atoms with Crippen molar-refractivity contribution >= 4 is 16.8 Å². The predicted octanol–water partition coefficient (Wildman–Crippen LogP) is 7.70. The summed E-state index contributed by atoms with van der Waals surface area (Å²) in [5.41, 5.74) is 1.09. The van der Waals surface area contributed by atoms with Gasteiger partial charge < -0.3 is 9.15 Å². The molecule has 0 saturated carbocycles. The molecule has 4 aromatic rings. The van der Waals surface area contributed by atoms with E-state index in [-0.39, 0.29) is 28.2 Å². The molecule has 0 atom stereocenters. The Morgan fingerprint density at radius 2 is 1.71 bits per heavy atom. The van der Waals surface area contributed by atoms with Crippen molar-refractivity contribution < 1.29 is 22.9 Å². The Morgan fingerprint density at radius 1 is 0.941 bits per heavy atom. The molecule has 0 amide bonds. The summed E-state index contributed by atoms with van der Waals surface area (Å²) >= 11 is 0. The molecular weight excluding hydrogens is 442 g/mol. The second kappa shape index (κ2) is 10.4. The third kappa shape index (κ3) is 5.22. The monoisotopic (exact) mass is 466 g/mol. The Bertz CT molecular complexity index is 1320. The number of rotatable bonds is 10. The molecule has 1 aromatic heterocycles. The number of ether oxygens (including phenoxy) is 1. The van der Waals surface area contributed by atoms with E-state index >= 15 is 0 Å². The van der Waals surface area contributed by atoms with Crippen LogP contribution < -0.4 is 4.74 Å². The summed E-state index contributed by atoms with van der Waals surface area (Å²) in [6.07, 6.45) is 5.54. The Labute approximate surface area is 195 Å². The number of oxazole rings is 1. The number of fused-ring (bicyclic) bond motifs is 1. The zero-order valence-electron chi connectivity index (χ0n) is 18.7. The maximum Gasteiger partial charge on any atom is 0.271 e. The summed E-state index contributed by atoms with van der Waals surface area (Å²) in [7, 11) is 0. The van der Waals surface area contributed by atoms with Crippen LogP contribution in [0.25, 0.3) is 33.7 Å². The molecule has 34 heavy (non-hydrogen) atoms. The number of hydrogen-bond acceptors (Lipinski definition) is 5. The van der Waals surface area contributed by atoms with Gasteiger partial charge in [-0.1, -0.05) is 38.7 Å². The molecule has 0 spiro atoms. The lowest BCUT2D eigenvalue weighted by Crippen LogP contribution is -1.98. The van der Waals surface area contributed by atoms with Crippen molar-refractivity contribution in [1.29, 1.82) is 0 Å². The highest BCUT2D eigenvalue weighted by atomic mass is 19.1. The van der Waals surface area contributed by atoms with E-state index in [1.54, 1.807) is 18.2 Å². The Balaban J connectivity index is 1.49. The van der Waals surface area contributed by atoms with E-state index in [0.717, 1.165) is 19.3 Å². The Morgan fingerprint density at radius 3 is 2.44 bits per heavy atom. The van der Waals surface area contributed by atoms with Crippen molar-refractivity contribution in [2.24, 2.45) is 0 Å². The third-order valence-corrected chi connectivity index (χ3v) is 5.55. The maximum absolute atomic E-state index is 14.9. The van der Waals surface area contributed by atoms with Crippen LogP contribution in [0.15, 0.2) is 59.0 Å². The van der Waals surface area contributed by atoms with E-state index in [1.807, 2.05) is 0 Å². The number of aromatic nitrogens is 1. The average Bonchev–Trinajstić information content (AvgIpc) is 3.24. The van der Waals surface area contributed by atoms with Crippen LogP contribution in [0.1, 0.15) is 39.0 Å². The molecule has 0 aliphatic carbocycles. The molecule has 0 unspecified atom stereocenters. The van der Waals surface area contributed by atoms with Gasteiger partial charge in [0.1, 0.15) is 22.9 Å². The first-order valence-electron chi connectivity index (χ1n) is 11.2. The van der Waals surface area contributed by atoms with Gasteiger partial charge in [0, 0.05) is 23.8 Å². The zero-order chi connectivity index (χ0) is 24.1. The fraction of sp³-hybridized carbons (Fsp3) is 0.269. The predicted molar refractivity (Wildman–Crippen MR) is 126 cm³/mol. The number of unbranched alkanes of at least 4 members (excludes halogenated alkanes) is 4. The van der Waals surface area contributed by atoms with Crippen LogP contribution in [0.4, 0.5) is 14.5 Å². The molecule has 0 fully saturated rings. The summed E-state index contributed by atoms with van der Waals surface area (Å²) in [6, 6.07) is 12.7. The summed E-state index contributed by atoms with van der Waals surface area (Å²) in [5, 5.41) is 10.9. The number of hydrogen-bond donors (Lipinski definition) is 0. The van der Waals surface area contributed by atoms with E-state index in [4.69, 9.17) is 9.15 Å². The minimum absolute atomic E-state index is 0.0114. The molecule has 1 heterocycles. The lowest BCUT2D eigenvalue weighted by Gasteiger charge is -2.09. The average molecular weight is 466 g/mol. The summed E-state index contributed by atoms with van der Waals surface area (Å²) < 4.78 is 40.8. The van der Waals surface area contributed by atoms with Crippen LogP contribution in [0, 0.1) is 21.7 Å². The number of nitro groups is 1. The lowest BCUT2D eigenvalue weighted by molar-refractivity contribution is -0.384. The van der Waals surface area contributed by atoms with Crippen LogP contribution in [0.5, 0.6) is 5.75 Å². The van der Waals surface area contributed by atoms with Crippen molar-refractivity contribution in [2.75, 3.05) is 6.61 Å². The molecule has 0 radical (unpaired) electrons. The zero-order valence-corrected chi connectivity index (χ0v) is 18.7. The molecular formula is C26H24F2N2O4. The molecule has 0 bridgehead atoms. The van der Waals surface area contributed by atoms with Crippen LogP contribution in [-0.2, 0) is 0 Å². The number of nitrogens with zero attached hydrogens (tertiary/aromatic N) is 2. The van der Waals surface area contributed by atoms with E-state index in [2.05, 4.69) is 11.9 Å². The van der Waals surface area contributed by atoms with Gasteiger partial charge in [0.15, 0.2) is 5.58 Å². The Kier molecular flexibility index (Phi) is 7.15. The number of benzene rings is 3. The second-order valence-electron chi connectivity index (χ2n) is 8.03. The minimum Gasteiger partial charge on any atom is -0.493 e. The molecule has 4 rings (SSSR count). The first-order valence-corrected chi connectivity index (χ1v) is 11.2. The van der Waals surface area contributed by atoms with Crippen LogP contribution >= 0.6 is 0 Å². The molecule has 6 nitrogen and oxygen atoms in total. The fourth-order valence-corrected chi connectivity index (χ4v) is 3.72. The largest absolute Gasteiger partial charge is 0.493 e. The first-order chi connectivity index (χ1) is 16.5. The van der Waals surface area contributed by atoms with Gasteiger partial charge in [0.05, 0.1) is 17.1 Å². The number of nitro benzene ring substituents is 1. The number of non-ortho nitro benzene ring substituents is 1. The van der Waals surface area contributed by atoms with Gasteiger partial charge in [-0.25, -0.2) is 13.8 Å². The maximum atomic E-state index is 14.9. The number of halogens is 2. The SMILES string of the molecule is CCCCCCCOc1ccc(-c2ccc(-c3nc4cc([N+](=O)[O-])ccc4o3)c(F)c2)c(F)c1. The third-order valence-electron chi connectivity index (χ3n) is 5.55. The molecule has 3 aromatic carbocycles. The van der Waals surface area contributed by atoms with E-state index in [0.29, 0.717) is 23.5 Å². The molecule has 0 aliphatic heterocycles. The van der Waals surface area contributed by atoms with E-state index in [9.17, 15) is 18.9 Å². The van der Waals surface area contributed by atoms with Crippen molar-refractivity contribution in [2.45, 2.75) is 39.0 Å². The van der Waals surface area contributed by atoms with E-state index < -0.39 is 16.6 Å². The standard InChI is InChI=1S/C26H24F2N2O4/c1-2-3-4-5-6-13-33-19-9-11-20(23(28)16-19)17-7-10-21(22(27)14-17)26-29-24-15-18(30(31)32)8-12-25(24)34-26/h7-12,14-16H,2-6,13H2,1H3. The quantitative estimate of drug-likeness (QED) is 0.136. The minimum atomic E-state index is -0.648. The second-order valence-corrected chi connectivity index (χ2v) is 8.03. The molecule has 8 heteroatoms. The van der Waals surface area contributed by atoms with Gasteiger partial charge in [0.25, 0.3) is 5.69 Å². The summed E-state index contributed by atoms with van der Waals surface area (Å²) in [4.78, 5) is 14.6. The van der Waals surface area contributed by atoms with Crippen LogP contribution in [0.3, 0.4) is 0 Å². The van der Waals surface area contributed by atoms with Crippen LogP contribution in [-0.4, -0.2) is 16.5 Å². The van der Waals surface area contributed by atoms with Gasteiger partial charge in [-0.2, -0.15) is 0 Å². The molecule has 176 valence electrons. The highest BCUT2D eigenvalue weighted by Crippen LogP contribution is 2.32. The molecule has 0 aliphatic rings. The fourth-order valence-electron chi connectivity index (χ4n) is 3.72. The summed E-state index contributed by atoms with van der Waals surface area (Å²) in [6.45, 7) is 2.69. The van der Waals surface area contributed by atoms with Gasteiger partial charge >= 0.3 is 0 Å². The lowest BCUT2D eigenvalue weighted by atomic mass is 10.0. The van der Waals surface area contributed by atoms with Crippen molar-refractivity contribution in [1.82, 2.24) is 4.98 Å². The van der Waals surface area contributed by atoms with Gasteiger partial charge in [-0.3, -0.25) is 10.1 Å². The molecule has 0 saturated heterocycles.